The second-order valence-electron chi connectivity index (χ2n) is 7.59. The predicted molar refractivity (Wildman–Crippen MR) is 107 cm³/mol. The highest BCUT2D eigenvalue weighted by Crippen LogP contribution is 2.29. The highest BCUT2D eigenvalue weighted by atomic mass is 32.2. The fraction of sp³-hybridized carbons (Fsp3) is 0.381. The lowest BCUT2D eigenvalue weighted by atomic mass is 9.98. The van der Waals surface area contributed by atoms with Gasteiger partial charge >= 0.3 is 0 Å². The maximum absolute atomic E-state index is 13.2. The van der Waals surface area contributed by atoms with Crippen LogP contribution in [0.5, 0.6) is 0 Å². The Kier molecular flexibility index (Phi) is 4.56. The fourth-order valence-corrected chi connectivity index (χ4v) is 6.32. The van der Waals surface area contributed by atoms with E-state index in [0.29, 0.717) is 18.7 Å². The van der Waals surface area contributed by atoms with Crippen LogP contribution in [0.15, 0.2) is 48.5 Å². The highest BCUT2D eigenvalue weighted by molar-refractivity contribution is 7.91. The second-order valence-corrected chi connectivity index (χ2v) is 9.74. The standard InChI is InChI=1S/C21H24N2O3S/c1-15-6-3-4-9-18(15)16-7-5-8-17(12-16)21(24)23-11-10-22(2)19-13-27(25,26)14-20(19)23/h3-9,12,19-20H,10-11,13-14H2,1-2H3. The van der Waals surface area contributed by atoms with Gasteiger partial charge in [0.15, 0.2) is 9.84 Å². The summed E-state index contributed by atoms with van der Waals surface area (Å²) in [7, 11) is -1.16. The van der Waals surface area contributed by atoms with Gasteiger partial charge in [0.25, 0.3) is 5.91 Å². The summed E-state index contributed by atoms with van der Waals surface area (Å²) in [6.07, 6.45) is 0. The zero-order chi connectivity index (χ0) is 19.2. The van der Waals surface area contributed by atoms with Crippen LogP contribution >= 0.6 is 0 Å². The molecule has 2 aromatic rings. The Morgan fingerprint density at radius 2 is 1.74 bits per heavy atom. The molecular weight excluding hydrogens is 360 g/mol. The van der Waals surface area contributed by atoms with Crippen molar-refractivity contribution in [3.05, 3.63) is 59.7 Å². The van der Waals surface area contributed by atoms with E-state index < -0.39 is 9.84 Å². The molecule has 2 aromatic carbocycles. The minimum atomic E-state index is -3.10. The van der Waals surface area contributed by atoms with E-state index >= 15 is 0 Å². The Hall–Kier alpha value is -2.18. The van der Waals surface area contributed by atoms with Crippen molar-refractivity contribution in [1.29, 1.82) is 0 Å². The summed E-state index contributed by atoms with van der Waals surface area (Å²) >= 11 is 0. The largest absolute Gasteiger partial charge is 0.332 e. The second kappa shape index (κ2) is 6.77. The van der Waals surface area contributed by atoms with Crippen molar-refractivity contribution in [3.63, 3.8) is 0 Å². The van der Waals surface area contributed by atoms with Crippen LogP contribution in [0.4, 0.5) is 0 Å². The molecule has 0 bridgehead atoms. The van der Waals surface area contributed by atoms with Gasteiger partial charge in [-0.25, -0.2) is 8.42 Å². The smallest absolute Gasteiger partial charge is 0.254 e. The molecule has 2 saturated heterocycles. The van der Waals surface area contributed by atoms with Gasteiger partial charge in [-0.3, -0.25) is 9.69 Å². The Morgan fingerprint density at radius 3 is 2.52 bits per heavy atom. The average molecular weight is 385 g/mol. The summed E-state index contributed by atoms with van der Waals surface area (Å²) in [6, 6.07) is 15.4. The van der Waals surface area contributed by atoms with Crippen LogP contribution in [0, 0.1) is 6.92 Å². The summed E-state index contributed by atoms with van der Waals surface area (Å²) in [6.45, 7) is 3.30. The monoisotopic (exact) mass is 384 g/mol. The molecule has 142 valence electrons. The van der Waals surface area contributed by atoms with E-state index in [-0.39, 0.29) is 29.5 Å². The molecule has 0 aromatic heterocycles. The first-order valence-corrected chi connectivity index (χ1v) is 11.1. The van der Waals surface area contributed by atoms with Crippen molar-refractivity contribution in [1.82, 2.24) is 9.80 Å². The minimum Gasteiger partial charge on any atom is -0.332 e. The van der Waals surface area contributed by atoms with Crippen LogP contribution < -0.4 is 0 Å². The maximum Gasteiger partial charge on any atom is 0.254 e. The van der Waals surface area contributed by atoms with E-state index in [9.17, 15) is 13.2 Å². The summed E-state index contributed by atoms with van der Waals surface area (Å²) in [5, 5.41) is 0. The number of carbonyl (C=O) groups is 1. The van der Waals surface area contributed by atoms with Gasteiger partial charge in [-0.2, -0.15) is 0 Å². The molecule has 0 N–H and O–H groups in total. The predicted octanol–water partition coefficient (Wildman–Crippen LogP) is 2.22. The molecule has 2 heterocycles. The molecule has 5 nitrogen and oxygen atoms in total. The number of amides is 1. The molecule has 6 heteroatoms. The van der Waals surface area contributed by atoms with E-state index in [1.165, 1.54) is 0 Å². The van der Waals surface area contributed by atoms with Crippen LogP contribution in [0.3, 0.4) is 0 Å². The number of benzene rings is 2. The summed E-state index contributed by atoms with van der Waals surface area (Å²) in [5.74, 6) is 0.123. The van der Waals surface area contributed by atoms with E-state index in [2.05, 4.69) is 17.9 Å². The van der Waals surface area contributed by atoms with Crippen LogP contribution in [-0.4, -0.2) is 67.9 Å². The van der Waals surface area contributed by atoms with Crippen LogP contribution in [-0.2, 0) is 9.84 Å². The van der Waals surface area contributed by atoms with Gasteiger partial charge < -0.3 is 4.90 Å². The van der Waals surface area contributed by atoms with Crippen molar-refractivity contribution in [3.8, 4) is 11.1 Å². The number of carbonyl (C=O) groups excluding carboxylic acids is 1. The van der Waals surface area contributed by atoms with E-state index in [1.807, 2.05) is 49.5 Å². The average Bonchev–Trinajstić information content (AvgIpc) is 2.98. The Morgan fingerprint density at radius 1 is 1.00 bits per heavy atom. The van der Waals surface area contributed by atoms with Crippen LogP contribution in [0.2, 0.25) is 0 Å². The molecule has 2 aliphatic heterocycles. The number of nitrogens with zero attached hydrogens (tertiary/aromatic N) is 2. The topological polar surface area (TPSA) is 57.7 Å². The van der Waals surface area contributed by atoms with Gasteiger partial charge in [0.05, 0.1) is 17.5 Å². The van der Waals surface area contributed by atoms with Crippen molar-refractivity contribution in [2.75, 3.05) is 31.6 Å². The minimum absolute atomic E-state index is 0.0607. The lowest BCUT2D eigenvalue weighted by Crippen LogP contribution is -2.59. The SMILES string of the molecule is Cc1ccccc1-c1cccc(C(=O)N2CCN(C)C3CS(=O)(=O)CC32)c1. The van der Waals surface area contributed by atoms with E-state index in [1.54, 1.807) is 4.90 Å². The van der Waals surface area contributed by atoms with E-state index in [0.717, 1.165) is 16.7 Å². The quantitative estimate of drug-likeness (QED) is 0.797. The number of likely N-dealkylation sites (N-methyl/N-ethyl adjacent to an activating group) is 1. The number of piperazine rings is 1. The van der Waals surface area contributed by atoms with Crippen molar-refractivity contribution >= 4 is 15.7 Å². The third-order valence-electron chi connectivity index (χ3n) is 5.78. The molecule has 2 atom stereocenters. The lowest BCUT2D eigenvalue weighted by Gasteiger charge is -2.42. The van der Waals surface area contributed by atoms with Crippen molar-refractivity contribution in [2.45, 2.75) is 19.0 Å². The van der Waals surface area contributed by atoms with Gasteiger partial charge in [0, 0.05) is 24.7 Å². The van der Waals surface area contributed by atoms with Gasteiger partial charge in [0.2, 0.25) is 0 Å². The maximum atomic E-state index is 13.2. The lowest BCUT2D eigenvalue weighted by molar-refractivity contribution is 0.0410. The van der Waals surface area contributed by atoms with Crippen molar-refractivity contribution in [2.24, 2.45) is 0 Å². The Balaban J connectivity index is 1.65. The summed E-state index contributed by atoms with van der Waals surface area (Å²) in [5.41, 5.74) is 3.88. The van der Waals surface area contributed by atoms with Gasteiger partial charge in [-0.15, -0.1) is 0 Å². The Bertz CT molecular complexity index is 986. The zero-order valence-corrected chi connectivity index (χ0v) is 16.4. The molecule has 4 rings (SSSR count). The first-order valence-electron chi connectivity index (χ1n) is 9.23. The number of sulfone groups is 1. The third-order valence-corrected chi connectivity index (χ3v) is 7.48. The normalized spacial score (nSPS) is 24.6. The molecule has 2 aliphatic rings. The molecule has 1 amide bonds. The first kappa shape index (κ1) is 18.2. The van der Waals surface area contributed by atoms with Crippen LogP contribution in [0.25, 0.3) is 11.1 Å². The summed E-state index contributed by atoms with van der Waals surface area (Å²) in [4.78, 5) is 17.1. The molecule has 2 unspecified atom stereocenters. The third kappa shape index (κ3) is 3.39. The van der Waals surface area contributed by atoms with Gasteiger partial charge in [-0.1, -0.05) is 36.4 Å². The first-order chi connectivity index (χ1) is 12.9. The zero-order valence-electron chi connectivity index (χ0n) is 15.6. The number of rotatable bonds is 2. The highest BCUT2D eigenvalue weighted by Gasteiger charge is 2.47. The number of hydrogen-bond acceptors (Lipinski definition) is 4. The molecule has 0 spiro atoms. The van der Waals surface area contributed by atoms with Gasteiger partial charge in [-0.05, 0) is 42.8 Å². The number of hydrogen-bond donors (Lipinski definition) is 0. The van der Waals surface area contributed by atoms with Crippen LogP contribution in [0.1, 0.15) is 15.9 Å². The molecule has 2 fully saturated rings. The van der Waals surface area contributed by atoms with E-state index in [4.69, 9.17) is 0 Å². The fourth-order valence-electron chi connectivity index (χ4n) is 4.26. The number of aryl methyl sites for hydroxylation is 1. The Labute approximate surface area is 160 Å². The molecule has 27 heavy (non-hydrogen) atoms. The van der Waals surface area contributed by atoms with Gasteiger partial charge in [0.1, 0.15) is 0 Å². The molecule has 0 radical (unpaired) electrons. The molecule has 0 saturated carbocycles. The molecule has 0 aliphatic carbocycles. The molecular formula is C21H24N2O3S. The summed E-state index contributed by atoms with van der Waals surface area (Å²) < 4.78 is 24.3. The van der Waals surface area contributed by atoms with Crippen molar-refractivity contribution < 1.29 is 13.2 Å². The number of fused-ring (bicyclic) bond motifs is 1.